The Labute approximate surface area is 182 Å². The SMILES string of the molecule is CC(C)(C)OC(=O)N1CC=C(c2cccc3c2OCC(c2ccc(Cl)cc2)O3)CC1. The second-order valence-corrected chi connectivity index (χ2v) is 8.94. The first kappa shape index (κ1) is 20.6. The lowest BCUT2D eigenvalue weighted by atomic mass is 9.97. The van der Waals surface area contributed by atoms with E-state index in [-0.39, 0.29) is 12.2 Å². The first-order valence-electron chi connectivity index (χ1n) is 10.2. The van der Waals surface area contributed by atoms with E-state index in [1.165, 1.54) is 0 Å². The predicted molar refractivity (Wildman–Crippen MR) is 117 cm³/mol. The lowest BCUT2D eigenvalue weighted by molar-refractivity contribution is 0.0270. The predicted octanol–water partition coefficient (Wildman–Crippen LogP) is 5.88. The molecule has 0 bridgehead atoms. The summed E-state index contributed by atoms with van der Waals surface area (Å²) in [6.07, 6.45) is 2.35. The standard InChI is InChI=1S/C24H26ClNO4/c1-24(2,3)30-23(27)26-13-11-16(12-14-26)19-5-4-6-20-22(19)28-15-21(29-20)17-7-9-18(25)10-8-17/h4-11,21H,12-15H2,1-3H3. The Hall–Kier alpha value is -2.66. The number of benzene rings is 2. The second kappa shape index (κ2) is 8.23. The van der Waals surface area contributed by atoms with Gasteiger partial charge in [0, 0.05) is 23.7 Å². The fourth-order valence-electron chi connectivity index (χ4n) is 3.60. The van der Waals surface area contributed by atoms with Gasteiger partial charge in [0.05, 0.1) is 0 Å². The van der Waals surface area contributed by atoms with E-state index < -0.39 is 5.60 Å². The van der Waals surface area contributed by atoms with E-state index in [1.54, 1.807) is 4.90 Å². The van der Waals surface area contributed by atoms with Gasteiger partial charge in [-0.2, -0.15) is 0 Å². The zero-order valence-electron chi connectivity index (χ0n) is 17.5. The summed E-state index contributed by atoms with van der Waals surface area (Å²) in [6, 6.07) is 13.6. The molecule has 0 saturated carbocycles. The highest BCUT2D eigenvalue weighted by Crippen LogP contribution is 2.42. The molecule has 0 spiro atoms. The van der Waals surface area contributed by atoms with Crippen molar-refractivity contribution in [3.8, 4) is 11.5 Å². The van der Waals surface area contributed by atoms with Crippen molar-refractivity contribution in [2.75, 3.05) is 19.7 Å². The number of amides is 1. The Morgan fingerprint density at radius 2 is 1.93 bits per heavy atom. The quantitative estimate of drug-likeness (QED) is 0.600. The van der Waals surface area contributed by atoms with Gasteiger partial charge in [0.15, 0.2) is 17.6 Å². The van der Waals surface area contributed by atoms with E-state index in [4.69, 9.17) is 25.8 Å². The molecule has 0 saturated heterocycles. The maximum Gasteiger partial charge on any atom is 0.410 e. The zero-order chi connectivity index (χ0) is 21.3. The highest BCUT2D eigenvalue weighted by molar-refractivity contribution is 6.30. The average molecular weight is 428 g/mol. The third-order valence-corrected chi connectivity index (χ3v) is 5.33. The molecule has 2 aliphatic heterocycles. The van der Waals surface area contributed by atoms with Gasteiger partial charge in [-0.1, -0.05) is 41.9 Å². The molecule has 158 valence electrons. The molecule has 0 N–H and O–H groups in total. The van der Waals surface area contributed by atoms with Crippen LogP contribution in [0.25, 0.3) is 5.57 Å². The average Bonchev–Trinajstić information content (AvgIpc) is 2.72. The van der Waals surface area contributed by atoms with Crippen molar-refractivity contribution < 1.29 is 19.0 Å². The molecule has 2 aromatic rings. The molecule has 6 heteroatoms. The van der Waals surface area contributed by atoms with E-state index in [1.807, 2.05) is 63.2 Å². The van der Waals surface area contributed by atoms with Crippen LogP contribution < -0.4 is 9.47 Å². The van der Waals surface area contributed by atoms with Gasteiger partial charge < -0.3 is 19.1 Å². The summed E-state index contributed by atoms with van der Waals surface area (Å²) in [5, 5.41) is 0.697. The van der Waals surface area contributed by atoms with Gasteiger partial charge in [-0.3, -0.25) is 0 Å². The highest BCUT2D eigenvalue weighted by atomic mass is 35.5. The molecule has 5 nitrogen and oxygen atoms in total. The fraction of sp³-hybridized carbons (Fsp3) is 0.375. The maximum absolute atomic E-state index is 12.3. The molecular formula is C24H26ClNO4. The number of carbonyl (C=O) groups excluding carboxylic acids is 1. The molecule has 0 aromatic heterocycles. The number of para-hydroxylation sites is 1. The number of rotatable bonds is 2. The Balaban J connectivity index is 1.49. The van der Waals surface area contributed by atoms with Gasteiger partial charge in [-0.05, 0) is 56.5 Å². The second-order valence-electron chi connectivity index (χ2n) is 8.51. The van der Waals surface area contributed by atoms with Gasteiger partial charge in [0.1, 0.15) is 12.2 Å². The molecule has 1 atom stereocenters. The minimum Gasteiger partial charge on any atom is -0.485 e. The van der Waals surface area contributed by atoms with Crippen LogP contribution in [0.1, 0.15) is 44.4 Å². The van der Waals surface area contributed by atoms with E-state index >= 15 is 0 Å². The first-order valence-corrected chi connectivity index (χ1v) is 10.5. The maximum atomic E-state index is 12.3. The molecular weight excluding hydrogens is 402 g/mol. The highest BCUT2D eigenvalue weighted by Gasteiger charge is 2.28. The Morgan fingerprint density at radius 1 is 1.17 bits per heavy atom. The summed E-state index contributed by atoms with van der Waals surface area (Å²) in [5.74, 6) is 1.49. The van der Waals surface area contributed by atoms with Crippen molar-refractivity contribution in [1.82, 2.24) is 4.90 Å². The Morgan fingerprint density at radius 3 is 2.60 bits per heavy atom. The topological polar surface area (TPSA) is 48.0 Å². The summed E-state index contributed by atoms with van der Waals surface area (Å²) >= 11 is 5.99. The third kappa shape index (κ3) is 4.57. The largest absolute Gasteiger partial charge is 0.485 e. The number of halogens is 1. The van der Waals surface area contributed by atoms with Gasteiger partial charge in [-0.15, -0.1) is 0 Å². The van der Waals surface area contributed by atoms with E-state index in [0.717, 1.165) is 34.6 Å². The van der Waals surface area contributed by atoms with Gasteiger partial charge >= 0.3 is 6.09 Å². The van der Waals surface area contributed by atoms with Crippen molar-refractivity contribution in [1.29, 1.82) is 0 Å². The summed E-state index contributed by atoms with van der Waals surface area (Å²) in [4.78, 5) is 14.0. The van der Waals surface area contributed by atoms with Crippen molar-refractivity contribution in [2.45, 2.75) is 38.9 Å². The van der Waals surface area contributed by atoms with Crippen LogP contribution in [0.15, 0.2) is 48.5 Å². The number of hydrogen-bond acceptors (Lipinski definition) is 4. The van der Waals surface area contributed by atoms with Crippen LogP contribution in [0.3, 0.4) is 0 Å². The van der Waals surface area contributed by atoms with Crippen molar-refractivity contribution in [3.63, 3.8) is 0 Å². The van der Waals surface area contributed by atoms with E-state index in [0.29, 0.717) is 24.7 Å². The van der Waals surface area contributed by atoms with Crippen LogP contribution in [-0.4, -0.2) is 36.3 Å². The Kier molecular flexibility index (Phi) is 5.65. The van der Waals surface area contributed by atoms with Crippen LogP contribution in [0, 0.1) is 0 Å². The molecule has 0 fully saturated rings. The lowest BCUT2D eigenvalue weighted by Crippen LogP contribution is -2.39. The number of ether oxygens (including phenoxy) is 3. The summed E-state index contributed by atoms with van der Waals surface area (Å²) < 4.78 is 17.8. The van der Waals surface area contributed by atoms with E-state index in [9.17, 15) is 4.79 Å². The molecule has 1 unspecified atom stereocenters. The van der Waals surface area contributed by atoms with Crippen LogP contribution in [0.2, 0.25) is 5.02 Å². The monoisotopic (exact) mass is 427 g/mol. The molecule has 0 radical (unpaired) electrons. The smallest absolute Gasteiger partial charge is 0.410 e. The molecule has 4 rings (SSSR count). The molecule has 2 aromatic carbocycles. The van der Waals surface area contributed by atoms with E-state index in [2.05, 4.69) is 6.08 Å². The van der Waals surface area contributed by atoms with Crippen LogP contribution >= 0.6 is 11.6 Å². The van der Waals surface area contributed by atoms with Gasteiger partial charge in [-0.25, -0.2) is 4.79 Å². The minimum absolute atomic E-state index is 0.173. The van der Waals surface area contributed by atoms with Crippen LogP contribution in [-0.2, 0) is 4.74 Å². The third-order valence-electron chi connectivity index (χ3n) is 5.08. The molecule has 2 aliphatic rings. The first-order chi connectivity index (χ1) is 14.3. The van der Waals surface area contributed by atoms with Crippen molar-refractivity contribution >= 4 is 23.3 Å². The summed E-state index contributed by atoms with van der Waals surface area (Å²) in [7, 11) is 0. The van der Waals surface area contributed by atoms with Gasteiger partial charge in [0.2, 0.25) is 0 Å². The normalized spacial score (nSPS) is 18.6. The van der Waals surface area contributed by atoms with Crippen molar-refractivity contribution in [3.05, 3.63) is 64.7 Å². The minimum atomic E-state index is -0.495. The molecule has 0 aliphatic carbocycles. The molecule has 2 heterocycles. The Bertz CT molecular complexity index is 962. The zero-order valence-corrected chi connectivity index (χ0v) is 18.2. The lowest BCUT2D eigenvalue weighted by Gasteiger charge is -2.31. The fourth-order valence-corrected chi connectivity index (χ4v) is 3.73. The number of carbonyl (C=O) groups is 1. The summed E-state index contributed by atoms with van der Waals surface area (Å²) in [6.45, 7) is 7.19. The van der Waals surface area contributed by atoms with Crippen molar-refractivity contribution in [2.24, 2.45) is 0 Å². The molecule has 30 heavy (non-hydrogen) atoms. The summed E-state index contributed by atoms with van der Waals surface area (Å²) in [5.41, 5.74) is 2.71. The number of hydrogen-bond donors (Lipinski definition) is 0. The molecule has 1 amide bonds. The van der Waals surface area contributed by atoms with Crippen LogP contribution in [0.4, 0.5) is 4.79 Å². The number of nitrogens with zero attached hydrogens (tertiary/aromatic N) is 1. The van der Waals surface area contributed by atoms with Crippen LogP contribution in [0.5, 0.6) is 11.5 Å². The van der Waals surface area contributed by atoms with Gasteiger partial charge in [0.25, 0.3) is 0 Å². The number of fused-ring (bicyclic) bond motifs is 1.